The Labute approximate surface area is 133 Å². The van der Waals surface area contributed by atoms with Crippen molar-refractivity contribution < 1.29 is 0 Å². The van der Waals surface area contributed by atoms with Crippen molar-refractivity contribution in [3.63, 3.8) is 0 Å². The van der Waals surface area contributed by atoms with Gasteiger partial charge in [-0.1, -0.05) is 25.1 Å². The number of hydrogen-bond donors (Lipinski definition) is 3. The van der Waals surface area contributed by atoms with Crippen LogP contribution in [-0.2, 0) is 12.8 Å². The Morgan fingerprint density at radius 3 is 2.73 bits per heavy atom. The summed E-state index contributed by atoms with van der Waals surface area (Å²) in [5, 5.41) is 7.96. The van der Waals surface area contributed by atoms with Crippen molar-refractivity contribution in [2.45, 2.75) is 46.6 Å². The van der Waals surface area contributed by atoms with Gasteiger partial charge in [0.25, 0.3) is 0 Å². The number of H-pyrrole nitrogens is 1. The lowest BCUT2D eigenvalue weighted by atomic mass is 10.1. The zero-order valence-electron chi connectivity index (χ0n) is 14.2. The number of aromatic amines is 1. The van der Waals surface area contributed by atoms with Gasteiger partial charge in [-0.3, -0.25) is 4.99 Å². The molecule has 0 amide bonds. The molecule has 0 unspecified atom stereocenters. The highest BCUT2D eigenvalue weighted by atomic mass is 15.2. The molecule has 0 radical (unpaired) electrons. The van der Waals surface area contributed by atoms with Crippen molar-refractivity contribution in [3.05, 3.63) is 35.5 Å². The molecule has 0 atom stereocenters. The van der Waals surface area contributed by atoms with Crippen LogP contribution in [0.1, 0.15) is 38.8 Å². The average molecular weight is 300 g/mol. The van der Waals surface area contributed by atoms with E-state index in [0.29, 0.717) is 6.04 Å². The minimum Gasteiger partial charge on any atom is -0.361 e. The number of nitrogens with one attached hydrogen (secondary N) is 3. The SMILES string of the molecule is CCNC(=NCCc1c[nH]c2c(CC)cccc12)NC(C)C. The summed E-state index contributed by atoms with van der Waals surface area (Å²) in [7, 11) is 0. The second-order valence-corrected chi connectivity index (χ2v) is 5.82. The molecular weight excluding hydrogens is 272 g/mol. The van der Waals surface area contributed by atoms with Crippen LogP contribution < -0.4 is 10.6 Å². The molecule has 0 saturated carbocycles. The van der Waals surface area contributed by atoms with E-state index in [2.05, 4.69) is 72.7 Å². The fraction of sp³-hybridized carbons (Fsp3) is 0.500. The summed E-state index contributed by atoms with van der Waals surface area (Å²) < 4.78 is 0. The summed E-state index contributed by atoms with van der Waals surface area (Å²) in [6, 6.07) is 6.92. The van der Waals surface area contributed by atoms with E-state index in [1.54, 1.807) is 0 Å². The van der Waals surface area contributed by atoms with Gasteiger partial charge in [-0.15, -0.1) is 0 Å². The Bertz CT molecular complexity index is 625. The molecule has 2 rings (SSSR count). The molecule has 1 aromatic heterocycles. The van der Waals surface area contributed by atoms with Crippen LogP contribution in [0.3, 0.4) is 0 Å². The van der Waals surface area contributed by atoms with Gasteiger partial charge in [0.2, 0.25) is 0 Å². The quantitative estimate of drug-likeness (QED) is 0.566. The van der Waals surface area contributed by atoms with Gasteiger partial charge in [0, 0.05) is 36.2 Å². The maximum atomic E-state index is 4.66. The van der Waals surface area contributed by atoms with Crippen LogP contribution in [-0.4, -0.2) is 30.1 Å². The number of guanidine groups is 1. The maximum absolute atomic E-state index is 4.66. The van der Waals surface area contributed by atoms with Crippen molar-refractivity contribution >= 4 is 16.9 Å². The summed E-state index contributed by atoms with van der Waals surface area (Å²) >= 11 is 0. The lowest BCUT2D eigenvalue weighted by Crippen LogP contribution is -2.41. The Morgan fingerprint density at radius 2 is 2.05 bits per heavy atom. The number of benzene rings is 1. The molecule has 0 spiro atoms. The number of para-hydroxylation sites is 1. The van der Waals surface area contributed by atoms with E-state index in [1.807, 2.05) is 0 Å². The second-order valence-electron chi connectivity index (χ2n) is 5.82. The molecule has 2 aromatic rings. The number of aryl methyl sites for hydroxylation is 1. The molecule has 4 nitrogen and oxygen atoms in total. The Morgan fingerprint density at radius 1 is 1.23 bits per heavy atom. The Balaban J connectivity index is 2.08. The lowest BCUT2D eigenvalue weighted by molar-refractivity contribution is 0.700. The molecule has 0 fully saturated rings. The van der Waals surface area contributed by atoms with Gasteiger partial charge in [-0.05, 0) is 44.7 Å². The molecule has 22 heavy (non-hydrogen) atoms. The third kappa shape index (κ3) is 4.03. The van der Waals surface area contributed by atoms with Crippen LogP contribution in [0.2, 0.25) is 0 Å². The zero-order chi connectivity index (χ0) is 15.9. The van der Waals surface area contributed by atoms with Crippen LogP contribution in [0.4, 0.5) is 0 Å². The Kier molecular flexibility index (Phi) is 5.87. The number of hydrogen-bond acceptors (Lipinski definition) is 1. The van der Waals surface area contributed by atoms with Crippen LogP contribution in [0.25, 0.3) is 10.9 Å². The van der Waals surface area contributed by atoms with Crippen molar-refractivity contribution in [2.24, 2.45) is 4.99 Å². The molecule has 0 saturated heterocycles. The highest BCUT2D eigenvalue weighted by Gasteiger charge is 2.06. The van der Waals surface area contributed by atoms with Crippen molar-refractivity contribution in [1.82, 2.24) is 15.6 Å². The fourth-order valence-corrected chi connectivity index (χ4v) is 2.66. The van der Waals surface area contributed by atoms with E-state index in [4.69, 9.17) is 0 Å². The summed E-state index contributed by atoms with van der Waals surface area (Å²) in [6.45, 7) is 10.2. The van der Waals surface area contributed by atoms with E-state index in [9.17, 15) is 0 Å². The topological polar surface area (TPSA) is 52.2 Å². The number of rotatable bonds is 6. The standard InChI is InChI=1S/C18H28N4/c1-5-14-8-7-9-16-15(12-21-17(14)16)10-11-20-18(19-6-2)22-13(3)4/h7-9,12-13,21H,5-6,10-11H2,1-4H3,(H2,19,20,22). The number of aliphatic imine (C=N–C) groups is 1. The average Bonchev–Trinajstić information content (AvgIpc) is 2.90. The van der Waals surface area contributed by atoms with Crippen LogP contribution in [0, 0.1) is 0 Å². The van der Waals surface area contributed by atoms with Crippen molar-refractivity contribution in [1.29, 1.82) is 0 Å². The molecule has 1 heterocycles. The minimum absolute atomic E-state index is 0.387. The van der Waals surface area contributed by atoms with E-state index in [0.717, 1.165) is 31.9 Å². The van der Waals surface area contributed by atoms with E-state index < -0.39 is 0 Å². The normalized spacial score (nSPS) is 12.1. The number of fused-ring (bicyclic) bond motifs is 1. The summed E-state index contributed by atoms with van der Waals surface area (Å²) in [6.07, 6.45) is 4.13. The molecule has 0 aliphatic heterocycles. The van der Waals surface area contributed by atoms with Gasteiger partial charge in [0.05, 0.1) is 0 Å². The molecule has 120 valence electrons. The number of aromatic nitrogens is 1. The second kappa shape index (κ2) is 7.87. The summed E-state index contributed by atoms with van der Waals surface area (Å²) in [5.41, 5.74) is 3.99. The van der Waals surface area contributed by atoms with Gasteiger partial charge >= 0.3 is 0 Å². The largest absolute Gasteiger partial charge is 0.361 e. The third-order valence-corrected chi connectivity index (χ3v) is 3.69. The van der Waals surface area contributed by atoms with E-state index in [-0.39, 0.29) is 0 Å². The zero-order valence-corrected chi connectivity index (χ0v) is 14.2. The van der Waals surface area contributed by atoms with Crippen LogP contribution in [0.5, 0.6) is 0 Å². The number of nitrogens with zero attached hydrogens (tertiary/aromatic N) is 1. The smallest absolute Gasteiger partial charge is 0.191 e. The fourth-order valence-electron chi connectivity index (χ4n) is 2.66. The van der Waals surface area contributed by atoms with E-state index in [1.165, 1.54) is 22.0 Å². The predicted molar refractivity (Wildman–Crippen MR) is 95.6 cm³/mol. The molecule has 0 aliphatic rings. The van der Waals surface area contributed by atoms with Gasteiger partial charge < -0.3 is 15.6 Å². The molecule has 0 aliphatic carbocycles. The van der Waals surface area contributed by atoms with Crippen molar-refractivity contribution in [2.75, 3.05) is 13.1 Å². The lowest BCUT2D eigenvalue weighted by Gasteiger charge is -2.13. The molecule has 1 aromatic carbocycles. The molecular formula is C18H28N4. The third-order valence-electron chi connectivity index (χ3n) is 3.69. The summed E-state index contributed by atoms with van der Waals surface area (Å²) in [4.78, 5) is 8.08. The first-order valence-corrected chi connectivity index (χ1v) is 8.28. The van der Waals surface area contributed by atoms with Crippen LogP contribution in [0.15, 0.2) is 29.4 Å². The maximum Gasteiger partial charge on any atom is 0.191 e. The van der Waals surface area contributed by atoms with Gasteiger partial charge in [-0.25, -0.2) is 0 Å². The molecule has 0 bridgehead atoms. The predicted octanol–water partition coefficient (Wildman–Crippen LogP) is 3.24. The molecule has 3 N–H and O–H groups in total. The Hall–Kier alpha value is -1.97. The highest BCUT2D eigenvalue weighted by Crippen LogP contribution is 2.22. The monoisotopic (exact) mass is 300 g/mol. The highest BCUT2D eigenvalue weighted by molar-refractivity contribution is 5.86. The molecule has 4 heteroatoms. The first-order chi connectivity index (χ1) is 10.7. The van der Waals surface area contributed by atoms with E-state index >= 15 is 0 Å². The summed E-state index contributed by atoms with van der Waals surface area (Å²) in [5.74, 6) is 0.895. The van der Waals surface area contributed by atoms with Crippen LogP contribution >= 0.6 is 0 Å². The van der Waals surface area contributed by atoms with Gasteiger partial charge in [-0.2, -0.15) is 0 Å². The first kappa shape index (κ1) is 16.4. The first-order valence-electron chi connectivity index (χ1n) is 8.28. The van der Waals surface area contributed by atoms with Gasteiger partial charge in [0.1, 0.15) is 0 Å². The minimum atomic E-state index is 0.387. The van der Waals surface area contributed by atoms with Gasteiger partial charge in [0.15, 0.2) is 5.96 Å². The van der Waals surface area contributed by atoms with Crippen molar-refractivity contribution in [3.8, 4) is 0 Å².